The lowest BCUT2D eigenvalue weighted by Gasteiger charge is -2.36. The standard InChI is InChI=1S/C30H29F6N3O2/c1-20-27(21(2)39(3)38-20)18-37-19-28(17-22-9-5-4-6-10-22,23-11-7-13-25(15-23)40-29(31,32)33)24-12-8-14-26(16-24)41-30(34,35)36/h4-16,37H,17-19H2,1-3H3. The van der Waals surface area contributed by atoms with E-state index >= 15 is 0 Å². The van der Waals surface area contributed by atoms with Crippen molar-refractivity contribution < 1.29 is 35.8 Å². The molecule has 0 amide bonds. The van der Waals surface area contributed by atoms with E-state index in [1.54, 1.807) is 16.8 Å². The number of aryl methyl sites for hydroxylation is 2. The Kier molecular flexibility index (Phi) is 8.67. The molecule has 0 aliphatic heterocycles. The molecule has 0 saturated heterocycles. The zero-order valence-corrected chi connectivity index (χ0v) is 22.6. The highest BCUT2D eigenvalue weighted by Crippen LogP contribution is 2.40. The van der Waals surface area contributed by atoms with Crippen LogP contribution in [0.25, 0.3) is 0 Å². The van der Waals surface area contributed by atoms with Gasteiger partial charge >= 0.3 is 12.7 Å². The minimum absolute atomic E-state index is 0.153. The summed E-state index contributed by atoms with van der Waals surface area (Å²) in [7, 11) is 1.82. The smallest absolute Gasteiger partial charge is 0.406 e. The molecular weight excluding hydrogens is 548 g/mol. The molecule has 0 spiro atoms. The Labute approximate surface area is 233 Å². The van der Waals surface area contributed by atoms with Gasteiger partial charge in [0.15, 0.2) is 0 Å². The number of nitrogens with zero attached hydrogens (tertiary/aromatic N) is 2. The van der Waals surface area contributed by atoms with Crippen LogP contribution in [0.2, 0.25) is 0 Å². The lowest BCUT2D eigenvalue weighted by atomic mass is 9.70. The summed E-state index contributed by atoms with van der Waals surface area (Å²) in [5.74, 6) is -0.872. The Morgan fingerprint density at radius 3 is 1.76 bits per heavy atom. The molecule has 1 heterocycles. The SMILES string of the molecule is Cc1nn(C)c(C)c1CNCC(Cc1ccccc1)(c1cccc(OC(F)(F)F)c1)c1cccc(OC(F)(F)F)c1. The summed E-state index contributed by atoms with van der Waals surface area (Å²) in [6.45, 7) is 4.32. The highest BCUT2D eigenvalue weighted by Gasteiger charge is 2.38. The second kappa shape index (κ2) is 11.9. The molecular formula is C30H29F6N3O2. The highest BCUT2D eigenvalue weighted by atomic mass is 19.4. The fourth-order valence-electron chi connectivity index (χ4n) is 5.04. The summed E-state index contributed by atoms with van der Waals surface area (Å²) in [5, 5.41) is 7.84. The van der Waals surface area contributed by atoms with E-state index in [4.69, 9.17) is 0 Å². The van der Waals surface area contributed by atoms with E-state index in [1.807, 2.05) is 51.2 Å². The molecule has 41 heavy (non-hydrogen) atoms. The third kappa shape index (κ3) is 7.60. The molecule has 11 heteroatoms. The van der Waals surface area contributed by atoms with Gasteiger partial charge in [0, 0.05) is 36.8 Å². The van der Waals surface area contributed by atoms with Gasteiger partial charge < -0.3 is 14.8 Å². The molecule has 0 radical (unpaired) electrons. The Morgan fingerprint density at radius 2 is 1.29 bits per heavy atom. The number of benzene rings is 3. The largest absolute Gasteiger partial charge is 0.573 e. The highest BCUT2D eigenvalue weighted by molar-refractivity contribution is 5.47. The number of aromatic nitrogens is 2. The summed E-state index contributed by atoms with van der Waals surface area (Å²) < 4.78 is 89.1. The van der Waals surface area contributed by atoms with Gasteiger partial charge in [0.05, 0.1) is 5.69 Å². The molecule has 0 bridgehead atoms. The second-order valence-corrected chi connectivity index (χ2v) is 9.77. The average Bonchev–Trinajstić information content (AvgIpc) is 3.13. The van der Waals surface area contributed by atoms with Gasteiger partial charge in [-0.05, 0) is 61.2 Å². The number of hydrogen-bond donors (Lipinski definition) is 1. The normalized spacial score (nSPS) is 12.4. The average molecular weight is 578 g/mol. The summed E-state index contributed by atoms with van der Waals surface area (Å²) in [6, 6.07) is 20.3. The number of alkyl halides is 6. The van der Waals surface area contributed by atoms with Gasteiger partial charge in [-0.25, -0.2) is 0 Å². The molecule has 5 nitrogen and oxygen atoms in total. The first-order valence-corrected chi connectivity index (χ1v) is 12.7. The van der Waals surface area contributed by atoms with E-state index in [0.29, 0.717) is 17.7 Å². The topological polar surface area (TPSA) is 48.3 Å². The lowest BCUT2D eigenvalue weighted by molar-refractivity contribution is -0.275. The molecule has 0 saturated carbocycles. The first kappa shape index (κ1) is 30.0. The van der Waals surface area contributed by atoms with Crippen molar-refractivity contribution in [1.82, 2.24) is 15.1 Å². The predicted octanol–water partition coefficient (Wildman–Crippen LogP) is 7.15. The minimum atomic E-state index is -4.92. The van der Waals surface area contributed by atoms with E-state index in [0.717, 1.165) is 22.5 Å². The molecule has 0 atom stereocenters. The summed E-state index contributed by atoms with van der Waals surface area (Å²) >= 11 is 0. The molecule has 0 aliphatic rings. The number of rotatable bonds is 10. The molecule has 1 N–H and O–H groups in total. The van der Waals surface area contributed by atoms with Crippen LogP contribution in [-0.2, 0) is 25.4 Å². The van der Waals surface area contributed by atoms with Crippen LogP contribution in [0, 0.1) is 13.8 Å². The number of halogens is 6. The lowest BCUT2D eigenvalue weighted by Crippen LogP contribution is -2.41. The van der Waals surface area contributed by atoms with Crippen LogP contribution in [0.3, 0.4) is 0 Å². The molecule has 0 unspecified atom stereocenters. The Hall–Kier alpha value is -3.99. The van der Waals surface area contributed by atoms with Crippen LogP contribution in [0.5, 0.6) is 11.5 Å². The maximum atomic E-state index is 13.2. The molecule has 4 rings (SSSR count). The molecule has 0 fully saturated rings. The van der Waals surface area contributed by atoms with Crippen molar-refractivity contribution in [2.75, 3.05) is 6.54 Å². The van der Waals surface area contributed by atoms with Gasteiger partial charge in [0.25, 0.3) is 0 Å². The molecule has 218 valence electrons. The van der Waals surface area contributed by atoms with Crippen LogP contribution in [0.4, 0.5) is 26.3 Å². The van der Waals surface area contributed by atoms with Gasteiger partial charge in [-0.2, -0.15) is 5.10 Å². The van der Waals surface area contributed by atoms with E-state index in [2.05, 4.69) is 19.9 Å². The fraction of sp³-hybridized carbons (Fsp3) is 0.300. The van der Waals surface area contributed by atoms with Crippen molar-refractivity contribution in [3.8, 4) is 11.5 Å². The van der Waals surface area contributed by atoms with Gasteiger partial charge in [-0.15, -0.1) is 26.3 Å². The molecule has 3 aromatic carbocycles. The zero-order valence-electron chi connectivity index (χ0n) is 22.6. The number of ether oxygens (including phenoxy) is 2. The quantitative estimate of drug-likeness (QED) is 0.203. The van der Waals surface area contributed by atoms with Crippen LogP contribution >= 0.6 is 0 Å². The van der Waals surface area contributed by atoms with Crippen molar-refractivity contribution >= 4 is 0 Å². The summed E-state index contributed by atoms with van der Waals surface area (Å²) in [6.07, 6.45) is -9.60. The third-order valence-electron chi connectivity index (χ3n) is 6.98. The second-order valence-electron chi connectivity index (χ2n) is 9.77. The maximum Gasteiger partial charge on any atom is 0.573 e. The van der Waals surface area contributed by atoms with Crippen molar-refractivity contribution in [2.24, 2.45) is 7.05 Å². The Morgan fingerprint density at radius 1 is 0.756 bits per heavy atom. The molecule has 0 aliphatic carbocycles. The van der Waals surface area contributed by atoms with Crippen molar-refractivity contribution in [1.29, 1.82) is 0 Å². The van der Waals surface area contributed by atoms with E-state index in [1.165, 1.54) is 36.4 Å². The van der Waals surface area contributed by atoms with E-state index < -0.39 is 29.6 Å². The maximum absolute atomic E-state index is 13.2. The Bertz CT molecular complexity index is 1410. The van der Waals surface area contributed by atoms with Gasteiger partial charge in [-0.1, -0.05) is 54.6 Å². The fourth-order valence-corrected chi connectivity index (χ4v) is 5.04. The van der Waals surface area contributed by atoms with Crippen molar-refractivity contribution in [3.63, 3.8) is 0 Å². The predicted molar refractivity (Wildman–Crippen MR) is 142 cm³/mol. The van der Waals surface area contributed by atoms with Crippen molar-refractivity contribution in [3.05, 3.63) is 113 Å². The van der Waals surface area contributed by atoms with Crippen LogP contribution in [0.1, 0.15) is 33.6 Å². The Balaban J connectivity index is 1.86. The summed E-state index contributed by atoms with van der Waals surface area (Å²) in [5.41, 5.74) is 3.22. The van der Waals surface area contributed by atoms with Gasteiger partial charge in [-0.3, -0.25) is 4.68 Å². The van der Waals surface area contributed by atoms with E-state index in [-0.39, 0.29) is 13.0 Å². The van der Waals surface area contributed by atoms with Gasteiger partial charge in [0.1, 0.15) is 11.5 Å². The molecule has 4 aromatic rings. The first-order valence-electron chi connectivity index (χ1n) is 12.7. The number of nitrogens with one attached hydrogen (secondary N) is 1. The molecule has 1 aromatic heterocycles. The summed E-state index contributed by atoms with van der Waals surface area (Å²) in [4.78, 5) is 0. The van der Waals surface area contributed by atoms with Crippen LogP contribution in [-0.4, -0.2) is 29.0 Å². The first-order chi connectivity index (χ1) is 19.3. The van der Waals surface area contributed by atoms with E-state index in [9.17, 15) is 26.3 Å². The number of hydrogen-bond acceptors (Lipinski definition) is 4. The van der Waals surface area contributed by atoms with Crippen LogP contribution < -0.4 is 14.8 Å². The minimum Gasteiger partial charge on any atom is -0.406 e. The monoisotopic (exact) mass is 577 g/mol. The van der Waals surface area contributed by atoms with Crippen molar-refractivity contribution in [2.45, 2.75) is 45.0 Å². The van der Waals surface area contributed by atoms with Gasteiger partial charge in [0.2, 0.25) is 0 Å². The zero-order chi connectivity index (χ0) is 29.8. The third-order valence-corrected chi connectivity index (χ3v) is 6.98. The van der Waals surface area contributed by atoms with Crippen LogP contribution in [0.15, 0.2) is 78.9 Å².